The van der Waals surface area contributed by atoms with Crippen molar-refractivity contribution in [3.8, 4) is 5.75 Å². The van der Waals surface area contributed by atoms with E-state index < -0.39 is 24.6 Å². The summed E-state index contributed by atoms with van der Waals surface area (Å²) in [4.78, 5) is 24.3. The third-order valence-corrected chi connectivity index (χ3v) is 3.61. The van der Waals surface area contributed by atoms with Gasteiger partial charge in [-0.25, -0.2) is 4.79 Å². The Morgan fingerprint density at radius 3 is 2.35 bits per heavy atom. The van der Waals surface area contributed by atoms with Gasteiger partial charge < -0.3 is 14.8 Å². The number of ether oxygens (including phenoxy) is 2. The van der Waals surface area contributed by atoms with Gasteiger partial charge >= 0.3 is 12.6 Å². The van der Waals surface area contributed by atoms with E-state index in [1.807, 2.05) is 19.1 Å². The molecule has 1 N–H and O–H groups in total. The number of nitrogens with one attached hydrogen (secondary N) is 1. The predicted octanol–water partition coefficient (Wildman–Crippen LogP) is 4.03. The second kappa shape index (κ2) is 8.94. The molecule has 0 bridgehead atoms. The molecule has 0 spiro atoms. The molecule has 0 radical (unpaired) electrons. The summed E-state index contributed by atoms with van der Waals surface area (Å²) in [7, 11) is 0. The predicted molar refractivity (Wildman–Crippen MR) is 92.4 cm³/mol. The van der Waals surface area contributed by atoms with Crippen LogP contribution in [0, 0.1) is 0 Å². The summed E-state index contributed by atoms with van der Waals surface area (Å²) < 4.78 is 34.2. The third-order valence-electron chi connectivity index (χ3n) is 3.61. The Bertz CT molecular complexity index is 762. The molecule has 2 rings (SSSR count). The van der Waals surface area contributed by atoms with Crippen LogP contribution in [0.3, 0.4) is 0 Å². The lowest BCUT2D eigenvalue weighted by Crippen LogP contribution is -2.30. The number of carbonyl (C=O) groups excluding carboxylic acids is 2. The maximum absolute atomic E-state index is 12.4. The van der Waals surface area contributed by atoms with Crippen LogP contribution in [0.2, 0.25) is 0 Å². The minimum absolute atomic E-state index is 0.181. The van der Waals surface area contributed by atoms with Crippen molar-refractivity contribution in [1.82, 2.24) is 0 Å². The highest BCUT2D eigenvalue weighted by molar-refractivity contribution is 5.98. The van der Waals surface area contributed by atoms with Crippen molar-refractivity contribution >= 4 is 17.6 Å². The fourth-order valence-corrected chi connectivity index (χ4v) is 2.18. The molecule has 1 atom stereocenters. The number of carbonyl (C=O) groups is 2. The van der Waals surface area contributed by atoms with Crippen LogP contribution in [-0.4, -0.2) is 24.6 Å². The van der Waals surface area contributed by atoms with Gasteiger partial charge in [-0.1, -0.05) is 31.2 Å². The van der Waals surface area contributed by atoms with Gasteiger partial charge in [-0.05, 0) is 43.2 Å². The molecule has 0 heterocycles. The van der Waals surface area contributed by atoms with E-state index in [0.717, 1.165) is 12.0 Å². The van der Waals surface area contributed by atoms with Gasteiger partial charge in [-0.15, -0.1) is 0 Å². The molecule has 0 fully saturated rings. The lowest BCUT2D eigenvalue weighted by atomic mass is 10.1. The van der Waals surface area contributed by atoms with Gasteiger partial charge in [0.05, 0.1) is 0 Å². The Morgan fingerprint density at radius 1 is 1.08 bits per heavy atom. The van der Waals surface area contributed by atoms with Crippen molar-refractivity contribution in [3.05, 3.63) is 59.7 Å². The van der Waals surface area contributed by atoms with E-state index in [-0.39, 0.29) is 11.3 Å². The van der Waals surface area contributed by atoms with E-state index in [4.69, 9.17) is 4.74 Å². The number of halogens is 2. The van der Waals surface area contributed by atoms with Crippen LogP contribution in [0.5, 0.6) is 5.75 Å². The molecular weight excluding hydrogens is 344 g/mol. The van der Waals surface area contributed by atoms with Gasteiger partial charge in [-0.2, -0.15) is 8.78 Å². The van der Waals surface area contributed by atoms with Gasteiger partial charge in [0.2, 0.25) is 0 Å². The summed E-state index contributed by atoms with van der Waals surface area (Å²) in [5.74, 6) is -1.77. The van der Waals surface area contributed by atoms with Crippen LogP contribution in [0.4, 0.5) is 14.5 Å². The Balaban J connectivity index is 2.00. The summed E-state index contributed by atoms with van der Waals surface area (Å²) in [6.07, 6.45) is -0.240. The summed E-state index contributed by atoms with van der Waals surface area (Å²) in [6.45, 7) is 0.338. The van der Waals surface area contributed by atoms with Crippen molar-refractivity contribution in [1.29, 1.82) is 0 Å². The second-order valence-electron chi connectivity index (χ2n) is 5.46. The van der Waals surface area contributed by atoms with Crippen LogP contribution in [0.15, 0.2) is 48.5 Å². The lowest BCUT2D eigenvalue weighted by Gasteiger charge is -2.15. The second-order valence-corrected chi connectivity index (χ2v) is 5.46. The van der Waals surface area contributed by atoms with Gasteiger partial charge in [0, 0.05) is 5.69 Å². The fourth-order valence-electron chi connectivity index (χ4n) is 2.18. The molecular formula is C19H19F2NO4. The average Bonchev–Trinajstić information content (AvgIpc) is 2.62. The maximum atomic E-state index is 12.4. The molecule has 0 aliphatic heterocycles. The molecule has 0 aromatic heterocycles. The smallest absolute Gasteiger partial charge is 0.387 e. The molecule has 0 aliphatic carbocycles. The highest BCUT2D eigenvalue weighted by atomic mass is 19.3. The third kappa shape index (κ3) is 5.27. The summed E-state index contributed by atoms with van der Waals surface area (Å²) >= 11 is 0. The van der Waals surface area contributed by atoms with Gasteiger partial charge in [0.15, 0.2) is 6.10 Å². The van der Waals surface area contributed by atoms with Gasteiger partial charge in [0.25, 0.3) is 5.91 Å². The summed E-state index contributed by atoms with van der Waals surface area (Å²) in [6, 6.07) is 12.7. The SMILES string of the molecule is CCc1ccc(NC(=O)[C@H](C)OC(=O)c2ccccc2OC(F)F)cc1. The summed E-state index contributed by atoms with van der Waals surface area (Å²) in [5, 5.41) is 2.63. The van der Waals surface area contributed by atoms with Crippen molar-refractivity contribution in [2.75, 3.05) is 5.32 Å². The molecule has 0 saturated carbocycles. The van der Waals surface area contributed by atoms with Crippen LogP contribution in [0.25, 0.3) is 0 Å². The van der Waals surface area contributed by atoms with E-state index in [2.05, 4.69) is 10.1 Å². The van der Waals surface area contributed by atoms with Crippen LogP contribution in [-0.2, 0) is 16.0 Å². The largest absolute Gasteiger partial charge is 0.449 e. The maximum Gasteiger partial charge on any atom is 0.387 e. The van der Waals surface area contributed by atoms with E-state index in [1.54, 1.807) is 12.1 Å². The van der Waals surface area contributed by atoms with E-state index in [0.29, 0.717) is 5.69 Å². The molecule has 26 heavy (non-hydrogen) atoms. The molecule has 2 aromatic rings. The first kappa shape index (κ1) is 19.4. The van der Waals surface area contributed by atoms with E-state index in [9.17, 15) is 18.4 Å². The molecule has 1 amide bonds. The minimum Gasteiger partial charge on any atom is -0.449 e. The minimum atomic E-state index is -3.07. The number of alkyl halides is 2. The van der Waals surface area contributed by atoms with Gasteiger partial charge in [-0.3, -0.25) is 4.79 Å². The number of anilines is 1. The molecule has 2 aromatic carbocycles. The number of para-hydroxylation sites is 1. The lowest BCUT2D eigenvalue weighted by molar-refractivity contribution is -0.123. The van der Waals surface area contributed by atoms with E-state index >= 15 is 0 Å². The first-order valence-electron chi connectivity index (χ1n) is 8.05. The number of rotatable bonds is 7. The van der Waals surface area contributed by atoms with Gasteiger partial charge in [0.1, 0.15) is 11.3 Å². The Morgan fingerprint density at radius 2 is 1.73 bits per heavy atom. The Hall–Kier alpha value is -2.96. The zero-order chi connectivity index (χ0) is 19.1. The number of hydrogen-bond donors (Lipinski definition) is 1. The van der Waals surface area contributed by atoms with E-state index in [1.165, 1.54) is 31.2 Å². The molecule has 0 saturated heterocycles. The van der Waals surface area contributed by atoms with Crippen LogP contribution >= 0.6 is 0 Å². The Labute approximate surface area is 149 Å². The summed E-state index contributed by atoms with van der Waals surface area (Å²) in [5.41, 5.74) is 1.51. The number of aryl methyl sites for hydroxylation is 1. The van der Waals surface area contributed by atoms with Crippen molar-refractivity contribution in [2.45, 2.75) is 33.0 Å². The van der Waals surface area contributed by atoms with Crippen molar-refractivity contribution in [2.24, 2.45) is 0 Å². The molecule has 0 unspecified atom stereocenters. The number of benzene rings is 2. The zero-order valence-electron chi connectivity index (χ0n) is 14.4. The first-order valence-corrected chi connectivity index (χ1v) is 8.05. The highest BCUT2D eigenvalue weighted by Gasteiger charge is 2.22. The topological polar surface area (TPSA) is 64.6 Å². The number of hydrogen-bond acceptors (Lipinski definition) is 4. The van der Waals surface area contributed by atoms with Crippen LogP contribution < -0.4 is 10.1 Å². The molecule has 5 nitrogen and oxygen atoms in total. The fraction of sp³-hybridized carbons (Fsp3) is 0.263. The first-order chi connectivity index (χ1) is 12.4. The Kier molecular flexibility index (Phi) is 6.66. The highest BCUT2D eigenvalue weighted by Crippen LogP contribution is 2.21. The van der Waals surface area contributed by atoms with Crippen molar-refractivity contribution < 1.29 is 27.8 Å². The number of esters is 1. The van der Waals surface area contributed by atoms with Crippen molar-refractivity contribution in [3.63, 3.8) is 0 Å². The molecule has 7 heteroatoms. The normalized spacial score (nSPS) is 11.7. The van der Waals surface area contributed by atoms with Crippen LogP contribution in [0.1, 0.15) is 29.8 Å². The standard InChI is InChI=1S/C19H19F2NO4/c1-3-13-8-10-14(11-9-13)22-17(23)12(2)25-18(24)15-6-4-5-7-16(15)26-19(20)21/h4-12,19H,3H2,1-2H3,(H,22,23)/t12-/m0/s1. The zero-order valence-corrected chi connectivity index (χ0v) is 14.4. The molecule has 0 aliphatic rings. The molecule has 138 valence electrons. The number of amides is 1. The average molecular weight is 363 g/mol. The monoisotopic (exact) mass is 363 g/mol. The quantitative estimate of drug-likeness (QED) is 0.754.